The number of hydrogen-bond donors (Lipinski definition) is 2. The monoisotopic (exact) mass is 274 g/mol. The van der Waals surface area contributed by atoms with Crippen molar-refractivity contribution in [3.05, 3.63) is 42.0 Å². The lowest BCUT2D eigenvalue weighted by Gasteiger charge is -2.18. The van der Waals surface area contributed by atoms with Gasteiger partial charge in [0.15, 0.2) is 0 Å². The zero-order valence-electron chi connectivity index (χ0n) is 11.8. The van der Waals surface area contributed by atoms with E-state index in [1.807, 2.05) is 19.1 Å². The van der Waals surface area contributed by atoms with Crippen LogP contribution in [0.1, 0.15) is 11.4 Å². The number of carbonyl (C=O) groups excluding carboxylic acids is 1. The summed E-state index contributed by atoms with van der Waals surface area (Å²) in [5, 5.41) is 2.82. The number of anilines is 1. The Morgan fingerprint density at radius 2 is 2.20 bits per heavy atom. The van der Waals surface area contributed by atoms with E-state index in [-0.39, 0.29) is 6.03 Å². The smallest absolute Gasteiger partial charge is 0.322 e. The standard InChI is InChI=1S/C14H18N4O2/c1-10-12(16-9-15-10)8-18(2)14(19)17-11-6-4-5-7-13(11)20-3/h4-7,9H,8H2,1-3H3,(H,15,16)(H,17,19). The molecule has 6 heteroatoms. The zero-order chi connectivity index (χ0) is 14.5. The number of carbonyl (C=O) groups is 1. The molecule has 0 atom stereocenters. The molecule has 6 nitrogen and oxygen atoms in total. The fourth-order valence-electron chi connectivity index (χ4n) is 1.80. The van der Waals surface area contributed by atoms with Crippen LogP contribution in [0.25, 0.3) is 0 Å². The van der Waals surface area contributed by atoms with Crippen LogP contribution in [0, 0.1) is 6.92 Å². The van der Waals surface area contributed by atoms with Crippen LogP contribution in [0.15, 0.2) is 30.6 Å². The zero-order valence-corrected chi connectivity index (χ0v) is 11.8. The van der Waals surface area contributed by atoms with Crippen molar-refractivity contribution in [2.45, 2.75) is 13.5 Å². The highest BCUT2D eigenvalue weighted by Gasteiger charge is 2.13. The van der Waals surface area contributed by atoms with E-state index in [9.17, 15) is 4.79 Å². The van der Waals surface area contributed by atoms with Crippen LogP contribution in [-0.4, -0.2) is 35.1 Å². The third kappa shape index (κ3) is 3.09. The van der Waals surface area contributed by atoms with Crippen molar-refractivity contribution in [3.63, 3.8) is 0 Å². The van der Waals surface area contributed by atoms with Crippen molar-refractivity contribution < 1.29 is 9.53 Å². The minimum atomic E-state index is -0.211. The number of amides is 2. The van der Waals surface area contributed by atoms with Gasteiger partial charge < -0.3 is 19.9 Å². The first kappa shape index (κ1) is 13.9. The summed E-state index contributed by atoms with van der Waals surface area (Å²) in [7, 11) is 3.29. The van der Waals surface area contributed by atoms with Crippen molar-refractivity contribution in [2.24, 2.45) is 0 Å². The van der Waals surface area contributed by atoms with Gasteiger partial charge in [0.1, 0.15) is 5.75 Å². The first-order valence-corrected chi connectivity index (χ1v) is 6.25. The van der Waals surface area contributed by atoms with Crippen molar-refractivity contribution in [2.75, 3.05) is 19.5 Å². The molecule has 0 unspecified atom stereocenters. The molecule has 0 saturated heterocycles. The molecule has 2 N–H and O–H groups in total. The summed E-state index contributed by atoms with van der Waals surface area (Å²) in [4.78, 5) is 20.9. The summed E-state index contributed by atoms with van der Waals surface area (Å²) in [6.45, 7) is 2.37. The highest BCUT2D eigenvalue weighted by Crippen LogP contribution is 2.23. The SMILES string of the molecule is COc1ccccc1NC(=O)N(C)Cc1nc[nH]c1C. The second-order valence-electron chi connectivity index (χ2n) is 4.46. The largest absolute Gasteiger partial charge is 0.495 e. The van der Waals surface area contributed by atoms with Gasteiger partial charge in [0, 0.05) is 12.7 Å². The number of para-hydroxylation sites is 2. The van der Waals surface area contributed by atoms with Crippen LogP contribution >= 0.6 is 0 Å². The minimum Gasteiger partial charge on any atom is -0.495 e. The average molecular weight is 274 g/mol. The summed E-state index contributed by atoms with van der Waals surface area (Å²) in [6.07, 6.45) is 1.62. The second kappa shape index (κ2) is 6.10. The Bertz CT molecular complexity index is 594. The molecule has 1 aromatic carbocycles. The van der Waals surface area contributed by atoms with Gasteiger partial charge in [-0.25, -0.2) is 9.78 Å². The van der Waals surface area contributed by atoms with Crippen LogP contribution in [0.4, 0.5) is 10.5 Å². The van der Waals surface area contributed by atoms with E-state index >= 15 is 0 Å². The molecule has 0 saturated carbocycles. The fraction of sp³-hybridized carbons (Fsp3) is 0.286. The highest BCUT2D eigenvalue weighted by atomic mass is 16.5. The van der Waals surface area contributed by atoms with E-state index in [1.54, 1.807) is 37.5 Å². The number of H-pyrrole nitrogens is 1. The molecule has 0 radical (unpaired) electrons. The number of aryl methyl sites for hydroxylation is 1. The van der Waals surface area contributed by atoms with Gasteiger partial charge in [0.05, 0.1) is 31.4 Å². The number of nitrogens with one attached hydrogen (secondary N) is 2. The van der Waals surface area contributed by atoms with Crippen LogP contribution in [-0.2, 0) is 6.54 Å². The van der Waals surface area contributed by atoms with Crippen LogP contribution in [0.5, 0.6) is 5.75 Å². The Morgan fingerprint density at radius 1 is 1.45 bits per heavy atom. The lowest BCUT2D eigenvalue weighted by Crippen LogP contribution is -2.31. The minimum absolute atomic E-state index is 0.211. The number of ether oxygens (including phenoxy) is 1. The molecule has 20 heavy (non-hydrogen) atoms. The number of methoxy groups -OCH3 is 1. The Hall–Kier alpha value is -2.50. The third-order valence-corrected chi connectivity index (χ3v) is 3.02. The van der Waals surface area contributed by atoms with Gasteiger partial charge in [-0.3, -0.25) is 0 Å². The summed E-state index contributed by atoms with van der Waals surface area (Å²) in [5.74, 6) is 0.630. The van der Waals surface area contributed by atoms with Gasteiger partial charge in [-0.1, -0.05) is 12.1 Å². The van der Waals surface area contributed by atoms with E-state index in [0.29, 0.717) is 18.0 Å². The number of benzene rings is 1. The summed E-state index contributed by atoms with van der Waals surface area (Å²) >= 11 is 0. The normalized spacial score (nSPS) is 10.2. The Labute approximate surface area is 117 Å². The molecule has 1 heterocycles. The second-order valence-corrected chi connectivity index (χ2v) is 4.46. The molecule has 0 bridgehead atoms. The maximum atomic E-state index is 12.1. The lowest BCUT2D eigenvalue weighted by atomic mass is 10.3. The van der Waals surface area contributed by atoms with Crippen LogP contribution in [0.3, 0.4) is 0 Å². The van der Waals surface area contributed by atoms with Gasteiger partial charge in [0.25, 0.3) is 0 Å². The molecule has 1 aromatic heterocycles. The predicted octanol–water partition coefficient (Wildman–Crippen LogP) is 2.39. The van der Waals surface area contributed by atoms with E-state index < -0.39 is 0 Å². The van der Waals surface area contributed by atoms with Crippen molar-refractivity contribution in [3.8, 4) is 5.75 Å². The van der Waals surface area contributed by atoms with Gasteiger partial charge >= 0.3 is 6.03 Å². The molecule has 106 valence electrons. The van der Waals surface area contributed by atoms with Gasteiger partial charge in [0.2, 0.25) is 0 Å². The number of hydrogen-bond acceptors (Lipinski definition) is 3. The summed E-state index contributed by atoms with van der Waals surface area (Å²) < 4.78 is 5.20. The number of urea groups is 1. The fourth-order valence-corrected chi connectivity index (χ4v) is 1.80. The molecule has 2 rings (SSSR count). The third-order valence-electron chi connectivity index (χ3n) is 3.02. The van der Waals surface area contributed by atoms with E-state index in [2.05, 4.69) is 15.3 Å². The van der Waals surface area contributed by atoms with Crippen LogP contribution < -0.4 is 10.1 Å². The van der Waals surface area contributed by atoms with Crippen molar-refractivity contribution in [1.82, 2.24) is 14.9 Å². The van der Waals surface area contributed by atoms with E-state index in [0.717, 1.165) is 11.4 Å². The number of aromatic amines is 1. The molecular formula is C14H18N4O2. The Kier molecular flexibility index (Phi) is 4.24. The Balaban J connectivity index is 2.02. The van der Waals surface area contributed by atoms with Gasteiger partial charge in [-0.15, -0.1) is 0 Å². The summed E-state index contributed by atoms with van der Waals surface area (Å²) in [5.41, 5.74) is 2.45. The average Bonchev–Trinajstić information content (AvgIpc) is 2.84. The molecule has 0 fully saturated rings. The maximum Gasteiger partial charge on any atom is 0.322 e. The first-order chi connectivity index (χ1) is 9.61. The van der Waals surface area contributed by atoms with Crippen LogP contribution in [0.2, 0.25) is 0 Å². The maximum absolute atomic E-state index is 12.1. The Morgan fingerprint density at radius 3 is 2.85 bits per heavy atom. The molecule has 2 amide bonds. The van der Waals surface area contributed by atoms with E-state index in [1.165, 1.54) is 0 Å². The van der Waals surface area contributed by atoms with Gasteiger partial charge in [-0.05, 0) is 19.1 Å². The summed E-state index contributed by atoms with van der Waals surface area (Å²) in [6, 6.07) is 7.08. The quantitative estimate of drug-likeness (QED) is 0.899. The number of aromatic nitrogens is 2. The molecule has 0 aliphatic carbocycles. The van der Waals surface area contributed by atoms with Crippen molar-refractivity contribution >= 4 is 11.7 Å². The molecule has 0 spiro atoms. The first-order valence-electron chi connectivity index (χ1n) is 6.25. The van der Waals surface area contributed by atoms with E-state index in [4.69, 9.17) is 4.74 Å². The highest BCUT2D eigenvalue weighted by molar-refractivity contribution is 5.90. The number of rotatable bonds is 4. The molecule has 0 aliphatic rings. The lowest BCUT2D eigenvalue weighted by molar-refractivity contribution is 0.220. The van der Waals surface area contributed by atoms with Crippen molar-refractivity contribution in [1.29, 1.82) is 0 Å². The molecule has 0 aliphatic heterocycles. The number of imidazole rings is 1. The topological polar surface area (TPSA) is 70.2 Å². The number of nitrogens with zero attached hydrogens (tertiary/aromatic N) is 2. The molecular weight excluding hydrogens is 256 g/mol. The molecule has 2 aromatic rings. The predicted molar refractivity (Wildman–Crippen MR) is 76.8 cm³/mol. The van der Waals surface area contributed by atoms with Gasteiger partial charge in [-0.2, -0.15) is 0 Å².